The Kier molecular flexibility index (Phi) is 4.38. The van der Waals surface area contributed by atoms with Gasteiger partial charge in [0.25, 0.3) is 0 Å². The number of aromatic amines is 2. The summed E-state index contributed by atoms with van der Waals surface area (Å²) < 4.78 is 11.0. The lowest BCUT2D eigenvalue weighted by Gasteiger charge is -2.23. The van der Waals surface area contributed by atoms with E-state index < -0.39 is 0 Å². The summed E-state index contributed by atoms with van der Waals surface area (Å²) in [5.41, 5.74) is 1.90. The van der Waals surface area contributed by atoms with Crippen molar-refractivity contribution in [3.05, 3.63) is 48.2 Å². The lowest BCUT2D eigenvalue weighted by molar-refractivity contribution is -0.131. The van der Waals surface area contributed by atoms with Gasteiger partial charge in [-0.2, -0.15) is 0 Å². The number of hydrogen-bond acceptors (Lipinski definition) is 4. The normalized spacial score (nSPS) is 20.0. The van der Waals surface area contributed by atoms with E-state index in [1.165, 1.54) is 0 Å². The lowest BCUT2D eigenvalue weighted by atomic mass is 10.1. The molecule has 1 aliphatic heterocycles. The topological polar surface area (TPSA) is 83.2 Å². The highest BCUT2D eigenvalue weighted by Crippen LogP contribution is 2.33. The van der Waals surface area contributed by atoms with E-state index in [9.17, 15) is 4.79 Å². The Hall–Kier alpha value is -2.80. The number of methoxy groups -OCH3 is 2. The van der Waals surface area contributed by atoms with Crippen LogP contribution in [-0.2, 0) is 16.0 Å². The maximum Gasteiger partial charge on any atom is 0.227 e. The molecular formula is C19H22N4O3. The van der Waals surface area contributed by atoms with Crippen molar-refractivity contribution in [1.29, 1.82) is 0 Å². The first-order valence-electron chi connectivity index (χ1n) is 8.65. The van der Waals surface area contributed by atoms with Crippen molar-refractivity contribution in [3.8, 4) is 5.75 Å². The molecule has 136 valence electrons. The van der Waals surface area contributed by atoms with Crippen molar-refractivity contribution in [2.75, 3.05) is 20.8 Å². The summed E-state index contributed by atoms with van der Waals surface area (Å²) in [4.78, 5) is 25.7. The predicted molar refractivity (Wildman–Crippen MR) is 97.0 cm³/mol. The molecule has 2 N–H and O–H groups in total. The highest BCUT2D eigenvalue weighted by Gasteiger charge is 2.37. The Labute approximate surface area is 151 Å². The molecule has 0 aliphatic carbocycles. The first kappa shape index (κ1) is 16.7. The number of hydrogen-bond donors (Lipinski definition) is 2. The van der Waals surface area contributed by atoms with Gasteiger partial charge in [-0.05, 0) is 17.7 Å². The molecule has 2 atom stereocenters. The monoisotopic (exact) mass is 354 g/mol. The number of H-pyrrole nitrogens is 2. The summed E-state index contributed by atoms with van der Waals surface area (Å²) in [5, 5.41) is 0.959. The van der Waals surface area contributed by atoms with Crippen LogP contribution < -0.4 is 4.74 Å². The molecule has 0 bridgehead atoms. The van der Waals surface area contributed by atoms with E-state index in [0.717, 1.165) is 34.5 Å². The number of ether oxygens (including phenoxy) is 2. The molecule has 26 heavy (non-hydrogen) atoms. The number of carbonyl (C=O) groups is 1. The number of nitrogens with zero attached hydrogens (tertiary/aromatic N) is 2. The zero-order valence-corrected chi connectivity index (χ0v) is 14.9. The van der Waals surface area contributed by atoms with Crippen LogP contribution in [0.15, 0.2) is 36.8 Å². The molecule has 1 saturated heterocycles. The Morgan fingerprint density at radius 2 is 2.23 bits per heavy atom. The molecule has 1 unspecified atom stereocenters. The number of carbonyl (C=O) groups excluding carboxylic acids is 1. The number of rotatable bonds is 5. The van der Waals surface area contributed by atoms with Gasteiger partial charge >= 0.3 is 0 Å². The van der Waals surface area contributed by atoms with Crippen LogP contribution in [0.25, 0.3) is 10.9 Å². The number of likely N-dealkylation sites (tertiary alicyclic amines) is 1. The minimum Gasteiger partial charge on any atom is -0.496 e. The van der Waals surface area contributed by atoms with Gasteiger partial charge in [0.2, 0.25) is 5.91 Å². The van der Waals surface area contributed by atoms with Crippen molar-refractivity contribution in [1.82, 2.24) is 19.9 Å². The average molecular weight is 354 g/mol. The van der Waals surface area contributed by atoms with E-state index in [-0.39, 0.29) is 18.1 Å². The van der Waals surface area contributed by atoms with Crippen LogP contribution in [0.1, 0.15) is 23.9 Å². The van der Waals surface area contributed by atoms with Crippen LogP contribution in [0.4, 0.5) is 0 Å². The molecule has 0 saturated carbocycles. The number of nitrogens with one attached hydrogen (secondary N) is 2. The van der Waals surface area contributed by atoms with Gasteiger partial charge in [0, 0.05) is 49.6 Å². The Morgan fingerprint density at radius 3 is 2.96 bits per heavy atom. The molecule has 2 aromatic heterocycles. The van der Waals surface area contributed by atoms with Gasteiger partial charge in [-0.3, -0.25) is 4.79 Å². The second kappa shape index (κ2) is 6.84. The van der Waals surface area contributed by atoms with Gasteiger partial charge in [-0.1, -0.05) is 6.07 Å². The van der Waals surface area contributed by atoms with Crippen molar-refractivity contribution in [2.24, 2.45) is 0 Å². The van der Waals surface area contributed by atoms with E-state index in [1.807, 2.05) is 29.3 Å². The van der Waals surface area contributed by atoms with Gasteiger partial charge in [0.15, 0.2) is 0 Å². The van der Waals surface area contributed by atoms with Crippen LogP contribution in [0.3, 0.4) is 0 Å². The third-order valence-electron chi connectivity index (χ3n) is 5.06. The SMILES string of the molecule is COc1cccc2[nH]cc(CC(=O)N3C[C@H](OC)CC3c3ncc[nH]3)c12. The van der Waals surface area contributed by atoms with Gasteiger partial charge in [-0.15, -0.1) is 0 Å². The summed E-state index contributed by atoms with van der Waals surface area (Å²) in [6.07, 6.45) is 6.44. The number of amides is 1. The number of imidazole rings is 1. The molecule has 7 heteroatoms. The van der Waals surface area contributed by atoms with E-state index >= 15 is 0 Å². The molecule has 1 amide bonds. The highest BCUT2D eigenvalue weighted by atomic mass is 16.5. The summed E-state index contributed by atoms with van der Waals surface area (Å²) in [6.45, 7) is 0.570. The molecular weight excluding hydrogens is 332 g/mol. The fraction of sp³-hybridized carbons (Fsp3) is 0.368. The van der Waals surface area contributed by atoms with Crippen molar-refractivity contribution >= 4 is 16.8 Å². The maximum atomic E-state index is 13.1. The average Bonchev–Trinajstić information content (AvgIpc) is 3.40. The van der Waals surface area contributed by atoms with Gasteiger partial charge < -0.3 is 24.3 Å². The van der Waals surface area contributed by atoms with Crippen LogP contribution >= 0.6 is 0 Å². The summed E-state index contributed by atoms with van der Waals surface area (Å²) in [5.74, 6) is 1.62. The Balaban J connectivity index is 1.61. The van der Waals surface area contributed by atoms with E-state index in [1.54, 1.807) is 26.6 Å². The second-order valence-electron chi connectivity index (χ2n) is 6.50. The fourth-order valence-electron chi connectivity index (χ4n) is 3.76. The third-order valence-corrected chi connectivity index (χ3v) is 5.06. The summed E-state index contributed by atoms with van der Waals surface area (Å²) >= 11 is 0. The van der Waals surface area contributed by atoms with Crippen LogP contribution in [-0.4, -0.2) is 52.6 Å². The summed E-state index contributed by atoms with van der Waals surface area (Å²) in [6, 6.07) is 5.73. The number of benzene rings is 1. The number of aromatic nitrogens is 3. The molecule has 3 heterocycles. The zero-order valence-electron chi connectivity index (χ0n) is 14.9. The van der Waals surface area contributed by atoms with E-state index in [2.05, 4.69) is 15.0 Å². The Bertz CT molecular complexity index is 903. The highest BCUT2D eigenvalue weighted by molar-refractivity contribution is 5.93. The van der Waals surface area contributed by atoms with Crippen LogP contribution in [0.2, 0.25) is 0 Å². The van der Waals surface area contributed by atoms with Crippen molar-refractivity contribution in [3.63, 3.8) is 0 Å². The minimum absolute atomic E-state index is 0.0200. The van der Waals surface area contributed by atoms with Crippen molar-refractivity contribution in [2.45, 2.75) is 25.0 Å². The minimum atomic E-state index is -0.0884. The van der Waals surface area contributed by atoms with Gasteiger partial charge in [0.1, 0.15) is 11.6 Å². The molecule has 7 nitrogen and oxygen atoms in total. The molecule has 0 spiro atoms. The molecule has 1 fully saturated rings. The van der Waals surface area contributed by atoms with Crippen molar-refractivity contribution < 1.29 is 14.3 Å². The molecule has 1 aliphatic rings. The first-order valence-corrected chi connectivity index (χ1v) is 8.65. The zero-order chi connectivity index (χ0) is 18.1. The van der Waals surface area contributed by atoms with Gasteiger partial charge in [0.05, 0.1) is 25.7 Å². The molecule has 4 rings (SSSR count). The summed E-state index contributed by atoms with van der Waals surface area (Å²) in [7, 11) is 3.33. The van der Waals surface area contributed by atoms with E-state index in [0.29, 0.717) is 13.0 Å². The van der Waals surface area contributed by atoms with Crippen LogP contribution in [0, 0.1) is 0 Å². The second-order valence-corrected chi connectivity index (χ2v) is 6.50. The quantitative estimate of drug-likeness (QED) is 0.737. The van der Waals surface area contributed by atoms with E-state index in [4.69, 9.17) is 9.47 Å². The number of fused-ring (bicyclic) bond motifs is 1. The largest absolute Gasteiger partial charge is 0.496 e. The fourth-order valence-corrected chi connectivity index (χ4v) is 3.76. The Morgan fingerprint density at radius 1 is 1.35 bits per heavy atom. The molecule has 3 aromatic rings. The molecule has 0 radical (unpaired) electrons. The predicted octanol–water partition coefficient (Wildman–Crippen LogP) is 2.43. The standard InChI is InChI=1S/C19H22N4O3/c1-25-13-9-15(19-20-6-7-21-19)23(11-13)17(24)8-12-10-22-14-4-3-5-16(26-2)18(12)14/h3-7,10,13,15,22H,8-9,11H2,1-2H3,(H,20,21)/t13-,15?/m1/s1. The van der Waals surface area contributed by atoms with Crippen LogP contribution in [0.5, 0.6) is 5.75 Å². The maximum absolute atomic E-state index is 13.1. The van der Waals surface area contributed by atoms with Gasteiger partial charge in [-0.25, -0.2) is 4.98 Å². The third kappa shape index (κ3) is 2.84. The molecule has 1 aromatic carbocycles. The lowest BCUT2D eigenvalue weighted by Crippen LogP contribution is -2.33. The first-order chi connectivity index (χ1) is 12.7. The smallest absolute Gasteiger partial charge is 0.227 e.